The Kier molecular flexibility index (Phi) is 56.2. The zero-order valence-electron chi connectivity index (χ0n) is 54.2. The van der Waals surface area contributed by atoms with Gasteiger partial charge in [-0.25, -0.2) is 9.13 Å². The first-order chi connectivity index (χ1) is 40.4. The van der Waals surface area contributed by atoms with Gasteiger partial charge >= 0.3 is 39.5 Å². The molecule has 0 rings (SSSR count). The number of ether oxygens (including phenoxy) is 4. The van der Waals surface area contributed by atoms with Crippen molar-refractivity contribution in [3.63, 3.8) is 0 Å². The molecule has 0 aliphatic heterocycles. The van der Waals surface area contributed by atoms with E-state index in [9.17, 15) is 43.2 Å². The number of esters is 4. The van der Waals surface area contributed by atoms with E-state index in [-0.39, 0.29) is 25.7 Å². The van der Waals surface area contributed by atoms with Gasteiger partial charge in [0.2, 0.25) is 0 Å². The molecule has 0 aliphatic carbocycles. The molecule has 0 bridgehead atoms. The Hall–Kier alpha value is -1.94. The van der Waals surface area contributed by atoms with Crippen molar-refractivity contribution in [3.8, 4) is 0 Å². The molecule has 0 saturated heterocycles. The van der Waals surface area contributed by atoms with Crippen LogP contribution in [0.15, 0.2) is 0 Å². The molecule has 3 unspecified atom stereocenters. The van der Waals surface area contributed by atoms with Gasteiger partial charge in [-0.15, -0.1) is 0 Å². The highest BCUT2D eigenvalue weighted by atomic mass is 31.2. The van der Waals surface area contributed by atoms with Gasteiger partial charge in [0.15, 0.2) is 12.2 Å². The first kappa shape index (κ1) is 82.1. The van der Waals surface area contributed by atoms with Crippen molar-refractivity contribution >= 4 is 39.5 Å². The number of carbonyl (C=O) groups is 4. The first-order valence-corrected chi connectivity index (χ1v) is 37.0. The minimum Gasteiger partial charge on any atom is -0.462 e. The summed E-state index contributed by atoms with van der Waals surface area (Å²) in [4.78, 5) is 72.2. The zero-order chi connectivity index (χ0) is 62.2. The lowest BCUT2D eigenvalue weighted by atomic mass is 10.00. The van der Waals surface area contributed by atoms with Gasteiger partial charge in [0.25, 0.3) is 0 Å². The molecule has 0 aromatic rings. The Labute approximate surface area is 511 Å². The minimum absolute atomic E-state index is 0.106. The van der Waals surface area contributed by atoms with E-state index in [1.54, 1.807) is 0 Å². The average Bonchev–Trinajstić information content (AvgIpc) is 3.48. The van der Waals surface area contributed by atoms with Crippen molar-refractivity contribution in [1.29, 1.82) is 0 Å². The number of phosphoric ester groups is 2. The Morgan fingerprint density at radius 1 is 0.345 bits per heavy atom. The number of aliphatic hydroxyl groups excluding tert-OH is 1. The number of phosphoric acid groups is 2. The molecule has 0 aliphatic rings. The van der Waals surface area contributed by atoms with Crippen LogP contribution in [-0.2, 0) is 65.4 Å². The van der Waals surface area contributed by atoms with E-state index >= 15 is 0 Å². The SMILES string of the molecule is CCCCCCCCCCCCC(=O)O[C@H](COC(=O)CCCCCCCCCC)COP(=O)(O)OC[C@H](O)COP(=O)(O)OC[C@@H](COC(=O)CCCCCCCCC(C)CC)OC(=O)CCCCCCCCCCCCCCCC(C)C. The molecule has 0 fully saturated rings. The topological polar surface area (TPSA) is 237 Å². The maximum absolute atomic E-state index is 13.0. The predicted octanol–water partition coefficient (Wildman–Crippen LogP) is 18.0. The summed E-state index contributed by atoms with van der Waals surface area (Å²) in [6, 6.07) is 0. The number of rotatable bonds is 64. The lowest BCUT2D eigenvalue weighted by Crippen LogP contribution is -2.30. The van der Waals surface area contributed by atoms with Gasteiger partial charge in [0.1, 0.15) is 19.3 Å². The van der Waals surface area contributed by atoms with Crippen LogP contribution in [0.1, 0.15) is 324 Å². The normalized spacial score (nSPS) is 14.6. The van der Waals surface area contributed by atoms with Gasteiger partial charge in [-0.05, 0) is 37.5 Å². The number of carbonyl (C=O) groups excluding carboxylic acids is 4. The summed E-state index contributed by atoms with van der Waals surface area (Å²) < 4.78 is 68.0. The molecular formula is C65H126O17P2. The van der Waals surface area contributed by atoms with Crippen LogP contribution in [0.5, 0.6) is 0 Å². The predicted molar refractivity (Wildman–Crippen MR) is 335 cm³/mol. The Morgan fingerprint density at radius 2 is 0.607 bits per heavy atom. The number of hydrogen-bond donors (Lipinski definition) is 3. The van der Waals surface area contributed by atoms with Gasteiger partial charge in [-0.3, -0.25) is 37.3 Å². The largest absolute Gasteiger partial charge is 0.472 e. The second-order valence-electron chi connectivity index (χ2n) is 24.2. The lowest BCUT2D eigenvalue weighted by molar-refractivity contribution is -0.161. The van der Waals surface area contributed by atoms with Crippen molar-refractivity contribution in [2.45, 2.75) is 342 Å². The number of unbranched alkanes of at least 4 members (excludes halogenated alkanes) is 33. The molecule has 17 nitrogen and oxygen atoms in total. The molecule has 3 N–H and O–H groups in total. The summed E-state index contributed by atoms with van der Waals surface area (Å²) in [5.74, 6) is -0.618. The summed E-state index contributed by atoms with van der Waals surface area (Å²) in [5, 5.41) is 10.5. The van der Waals surface area contributed by atoms with Gasteiger partial charge in [-0.1, -0.05) is 273 Å². The third-order valence-electron chi connectivity index (χ3n) is 15.3. The first-order valence-electron chi connectivity index (χ1n) is 34.0. The molecule has 0 amide bonds. The van der Waals surface area contributed by atoms with Crippen LogP contribution < -0.4 is 0 Å². The monoisotopic (exact) mass is 1240 g/mol. The maximum Gasteiger partial charge on any atom is 0.472 e. The summed E-state index contributed by atoms with van der Waals surface area (Å²) in [6.45, 7) is 9.45. The Balaban J connectivity index is 5.21. The average molecular weight is 1240 g/mol. The van der Waals surface area contributed by atoms with Crippen molar-refractivity contribution in [1.82, 2.24) is 0 Å². The standard InChI is InChI=1S/C65H126O17P2/c1-7-10-12-14-16-18-25-29-37-43-49-64(69)81-60(53-75-62(67)47-41-35-28-17-15-13-11-8-2)55-79-83(71,72)77-51-59(66)52-78-84(73,74)80-56-61(54-76-63(68)48-42-36-32-31-34-40-46-58(6)9-3)82-65(70)50-44-38-30-26-23-21-19-20-22-24-27-33-39-45-57(4)5/h57-61,66H,7-56H2,1-6H3,(H,71,72)(H,73,74)/t58?,59-,60+,61+/m0/s1. The van der Waals surface area contributed by atoms with Crippen LogP contribution >= 0.6 is 15.6 Å². The Morgan fingerprint density at radius 3 is 0.905 bits per heavy atom. The van der Waals surface area contributed by atoms with Gasteiger partial charge in [0.05, 0.1) is 26.4 Å². The second kappa shape index (κ2) is 57.5. The zero-order valence-corrected chi connectivity index (χ0v) is 56.0. The van der Waals surface area contributed by atoms with Gasteiger partial charge in [-0.2, -0.15) is 0 Å². The quantitative estimate of drug-likeness (QED) is 0.0222. The highest BCUT2D eigenvalue weighted by molar-refractivity contribution is 7.47. The number of aliphatic hydroxyl groups is 1. The molecular weight excluding hydrogens is 1110 g/mol. The highest BCUT2D eigenvalue weighted by Gasteiger charge is 2.30. The van der Waals surface area contributed by atoms with Crippen LogP contribution in [0.2, 0.25) is 0 Å². The molecule has 0 spiro atoms. The van der Waals surface area contributed by atoms with Crippen molar-refractivity contribution in [2.75, 3.05) is 39.6 Å². The third-order valence-corrected chi connectivity index (χ3v) is 17.2. The second-order valence-corrected chi connectivity index (χ2v) is 27.1. The smallest absolute Gasteiger partial charge is 0.462 e. The van der Waals surface area contributed by atoms with Crippen LogP contribution in [0, 0.1) is 11.8 Å². The molecule has 19 heteroatoms. The summed E-state index contributed by atoms with van der Waals surface area (Å²) in [6.07, 6.45) is 40.3. The van der Waals surface area contributed by atoms with E-state index in [2.05, 4.69) is 41.5 Å². The molecule has 6 atom stereocenters. The van der Waals surface area contributed by atoms with E-state index in [4.69, 9.17) is 37.0 Å². The number of hydrogen-bond acceptors (Lipinski definition) is 15. The Bertz CT molecular complexity index is 1650. The van der Waals surface area contributed by atoms with Crippen molar-refractivity contribution < 1.29 is 80.2 Å². The van der Waals surface area contributed by atoms with Crippen molar-refractivity contribution in [2.24, 2.45) is 11.8 Å². The molecule has 84 heavy (non-hydrogen) atoms. The summed E-state index contributed by atoms with van der Waals surface area (Å²) in [7, 11) is -9.88. The molecule has 0 aromatic carbocycles. The van der Waals surface area contributed by atoms with Crippen LogP contribution in [0.4, 0.5) is 0 Å². The van der Waals surface area contributed by atoms with E-state index in [0.717, 1.165) is 115 Å². The molecule has 0 radical (unpaired) electrons. The van der Waals surface area contributed by atoms with Gasteiger partial charge < -0.3 is 33.8 Å². The lowest BCUT2D eigenvalue weighted by Gasteiger charge is -2.21. The molecule has 0 saturated carbocycles. The van der Waals surface area contributed by atoms with Crippen molar-refractivity contribution in [3.05, 3.63) is 0 Å². The minimum atomic E-state index is -4.95. The third kappa shape index (κ3) is 57.8. The maximum atomic E-state index is 13.0. The molecule has 0 aromatic heterocycles. The van der Waals surface area contributed by atoms with E-state index in [0.29, 0.717) is 25.7 Å². The fraction of sp³-hybridized carbons (Fsp3) is 0.938. The van der Waals surface area contributed by atoms with Crippen LogP contribution in [0.25, 0.3) is 0 Å². The summed E-state index contributed by atoms with van der Waals surface area (Å²) in [5.41, 5.74) is 0. The molecule has 0 heterocycles. The highest BCUT2D eigenvalue weighted by Crippen LogP contribution is 2.45. The van der Waals surface area contributed by atoms with Crippen LogP contribution in [-0.4, -0.2) is 96.7 Å². The van der Waals surface area contributed by atoms with E-state index < -0.39 is 97.5 Å². The van der Waals surface area contributed by atoms with Gasteiger partial charge in [0, 0.05) is 25.7 Å². The van der Waals surface area contributed by atoms with E-state index in [1.807, 2.05) is 0 Å². The van der Waals surface area contributed by atoms with E-state index in [1.165, 1.54) is 128 Å². The fourth-order valence-corrected chi connectivity index (χ4v) is 11.3. The van der Waals surface area contributed by atoms with Crippen LogP contribution in [0.3, 0.4) is 0 Å². The molecule has 498 valence electrons. The summed E-state index contributed by atoms with van der Waals surface area (Å²) >= 11 is 0. The fourth-order valence-electron chi connectivity index (χ4n) is 9.68.